The molecule has 1 aliphatic heterocycles. The minimum absolute atomic E-state index is 0.165. The molecule has 1 aromatic heterocycles. The topological polar surface area (TPSA) is 168 Å². The zero-order valence-corrected chi connectivity index (χ0v) is 16.2. The first kappa shape index (κ1) is 22.6. The number of carbonyl (C=O) groups is 3. The first-order valence-corrected chi connectivity index (χ1v) is 8.67. The molecule has 2 rings (SSSR count). The quantitative estimate of drug-likeness (QED) is 0.364. The van der Waals surface area contributed by atoms with E-state index >= 15 is 0 Å². The number of ketones is 3. The summed E-state index contributed by atoms with van der Waals surface area (Å²) in [7, 11) is 0. The smallest absolute Gasteiger partial charge is 0.351 e. The lowest BCUT2D eigenvalue weighted by atomic mass is 9.73. The third kappa shape index (κ3) is 3.42. The molecule has 158 valence electrons. The van der Waals surface area contributed by atoms with E-state index in [1.807, 2.05) is 0 Å². The lowest BCUT2D eigenvalue weighted by molar-refractivity contribution is -0.184. The third-order valence-corrected chi connectivity index (χ3v) is 4.91. The van der Waals surface area contributed by atoms with Gasteiger partial charge in [-0.15, -0.1) is 6.58 Å². The van der Waals surface area contributed by atoms with Gasteiger partial charge in [-0.2, -0.15) is 4.98 Å². The molecule has 0 saturated carbocycles. The zero-order valence-electron chi connectivity index (χ0n) is 16.2. The van der Waals surface area contributed by atoms with Crippen molar-refractivity contribution >= 4 is 23.2 Å². The van der Waals surface area contributed by atoms with Crippen molar-refractivity contribution in [1.29, 1.82) is 0 Å². The van der Waals surface area contributed by atoms with Crippen LogP contribution in [0.25, 0.3) is 0 Å². The predicted octanol–water partition coefficient (Wildman–Crippen LogP) is -1.67. The van der Waals surface area contributed by atoms with Gasteiger partial charge in [0.15, 0.2) is 29.2 Å². The van der Waals surface area contributed by atoms with Crippen LogP contribution in [0.15, 0.2) is 29.7 Å². The van der Waals surface area contributed by atoms with Gasteiger partial charge in [0.1, 0.15) is 18.0 Å². The molecule has 2 heterocycles. The first-order valence-electron chi connectivity index (χ1n) is 8.67. The van der Waals surface area contributed by atoms with Crippen molar-refractivity contribution in [3.63, 3.8) is 0 Å². The van der Waals surface area contributed by atoms with Crippen LogP contribution in [0.4, 0.5) is 5.82 Å². The van der Waals surface area contributed by atoms with Crippen LogP contribution in [0.1, 0.15) is 27.0 Å². The van der Waals surface area contributed by atoms with Crippen LogP contribution in [-0.2, 0) is 19.1 Å². The van der Waals surface area contributed by atoms with E-state index in [4.69, 9.17) is 4.74 Å². The van der Waals surface area contributed by atoms with Gasteiger partial charge in [-0.1, -0.05) is 6.08 Å². The van der Waals surface area contributed by atoms with Gasteiger partial charge in [0.05, 0.1) is 0 Å². The van der Waals surface area contributed by atoms with Crippen LogP contribution in [0, 0.1) is 0 Å². The summed E-state index contributed by atoms with van der Waals surface area (Å²) in [6.45, 7) is 6.54. The minimum atomic E-state index is -2.99. The predicted molar refractivity (Wildman–Crippen MR) is 99.0 cm³/mol. The van der Waals surface area contributed by atoms with Gasteiger partial charge in [0.2, 0.25) is 5.60 Å². The Hall–Kier alpha value is -2.73. The zero-order chi connectivity index (χ0) is 22.1. The average Bonchev–Trinajstić information content (AvgIpc) is 2.89. The van der Waals surface area contributed by atoms with E-state index in [9.17, 15) is 34.5 Å². The number of rotatable bonds is 8. The highest BCUT2D eigenvalue weighted by Gasteiger charge is 2.73. The number of hydrogen-bond acceptors (Lipinski definition) is 10. The minimum Gasteiger partial charge on any atom is -0.382 e. The molecule has 1 aliphatic rings. The number of anilines is 1. The summed E-state index contributed by atoms with van der Waals surface area (Å²) in [6.07, 6.45) is -3.31. The van der Waals surface area contributed by atoms with Gasteiger partial charge < -0.3 is 25.4 Å². The Labute approximate surface area is 165 Å². The van der Waals surface area contributed by atoms with Gasteiger partial charge >= 0.3 is 5.69 Å². The Kier molecular flexibility index (Phi) is 6.18. The largest absolute Gasteiger partial charge is 0.382 e. The molecule has 0 amide bonds. The molecule has 0 aromatic carbocycles. The second-order valence-corrected chi connectivity index (χ2v) is 6.78. The number of carbonyl (C=O) groups excluding carboxylic acids is 3. The van der Waals surface area contributed by atoms with Gasteiger partial charge in [0, 0.05) is 12.7 Å². The fourth-order valence-corrected chi connectivity index (χ4v) is 3.30. The number of aliphatic hydroxyl groups is 3. The Morgan fingerprint density at radius 1 is 1.31 bits per heavy atom. The summed E-state index contributed by atoms with van der Waals surface area (Å²) >= 11 is 0. The van der Waals surface area contributed by atoms with Crippen molar-refractivity contribution in [1.82, 2.24) is 9.55 Å². The fourth-order valence-electron chi connectivity index (χ4n) is 3.30. The molecule has 0 spiro atoms. The molecule has 11 nitrogen and oxygen atoms in total. The second-order valence-electron chi connectivity index (χ2n) is 6.78. The first-order chi connectivity index (χ1) is 13.4. The molecular formula is C18H23N3O8. The lowest BCUT2D eigenvalue weighted by Crippen LogP contribution is -2.68. The number of aromatic nitrogens is 2. The van der Waals surface area contributed by atoms with Crippen molar-refractivity contribution in [2.24, 2.45) is 0 Å². The lowest BCUT2D eigenvalue weighted by Gasteiger charge is -2.37. The normalized spacial score (nSPS) is 29.9. The molecule has 29 heavy (non-hydrogen) atoms. The summed E-state index contributed by atoms with van der Waals surface area (Å²) < 4.78 is 6.10. The molecule has 0 bridgehead atoms. The number of nitrogens with zero attached hydrogens (tertiary/aromatic N) is 2. The van der Waals surface area contributed by atoms with Gasteiger partial charge in [0.25, 0.3) is 0 Å². The standard InChI is InChI=1S/C18H23N3O8/c1-5-7-19-12-6-8-21(16(26)20-12)15-18(28,11(4)24)17(27,10(3)23)14(29-15)13(25)9(2)22/h5-6,8,13-15,25,27-28H,1,7H2,2-4H3,(H,19,20,26)/t13?,14-,15-,17-,18+/m1/s1. The number of hydrogen-bond donors (Lipinski definition) is 4. The van der Waals surface area contributed by atoms with Crippen LogP contribution < -0.4 is 11.0 Å². The van der Waals surface area contributed by atoms with Crippen LogP contribution in [0.2, 0.25) is 0 Å². The molecule has 1 saturated heterocycles. The Bertz CT molecular complexity index is 913. The van der Waals surface area contributed by atoms with Crippen molar-refractivity contribution in [2.75, 3.05) is 11.9 Å². The number of Topliss-reactive ketones (excluding diaryl/α,β-unsaturated/α-hetero) is 3. The van der Waals surface area contributed by atoms with E-state index in [1.54, 1.807) is 0 Å². The van der Waals surface area contributed by atoms with Crippen molar-refractivity contribution in [3.05, 3.63) is 35.4 Å². The number of aliphatic hydroxyl groups excluding tert-OH is 1. The number of nitrogens with one attached hydrogen (secondary N) is 1. The molecule has 5 atom stereocenters. The molecule has 1 unspecified atom stereocenters. The monoisotopic (exact) mass is 409 g/mol. The van der Waals surface area contributed by atoms with E-state index in [2.05, 4.69) is 16.9 Å². The fraction of sp³-hybridized carbons (Fsp3) is 0.500. The van der Waals surface area contributed by atoms with Crippen LogP contribution >= 0.6 is 0 Å². The highest BCUT2D eigenvalue weighted by molar-refractivity contribution is 5.99. The van der Waals surface area contributed by atoms with Crippen LogP contribution in [0.3, 0.4) is 0 Å². The van der Waals surface area contributed by atoms with Gasteiger partial charge in [-0.25, -0.2) is 4.79 Å². The van der Waals surface area contributed by atoms with E-state index in [0.29, 0.717) is 11.1 Å². The third-order valence-electron chi connectivity index (χ3n) is 4.91. The SMILES string of the molecule is C=CCNc1ccn([C@@H]2O[C@H](C(O)C(C)=O)[C@](O)(C(C)=O)[C@]2(O)C(C)=O)c(=O)n1. The van der Waals surface area contributed by atoms with E-state index < -0.39 is 52.7 Å². The average molecular weight is 409 g/mol. The summed E-state index contributed by atoms with van der Waals surface area (Å²) in [4.78, 5) is 52.5. The maximum Gasteiger partial charge on any atom is 0.351 e. The second kappa shape index (κ2) is 7.95. The highest BCUT2D eigenvalue weighted by Crippen LogP contribution is 2.47. The van der Waals surface area contributed by atoms with Gasteiger partial charge in [-0.05, 0) is 26.8 Å². The summed E-state index contributed by atoms with van der Waals surface area (Å²) in [5, 5.41) is 35.1. The van der Waals surface area contributed by atoms with Crippen molar-refractivity contribution in [3.8, 4) is 0 Å². The van der Waals surface area contributed by atoms with E-state index in [0.717, 1.165) is 27.0 Å². The molecule has 1 fully saturated rings. The molecule has 1 aromatic rings. The van der Waals surface area contributed by atoms with E-state index in [1.165, 1.54) is 12.1 Å². The molecule has 0 aliphatic carbocycles. The molecule has 4 N–H and O–H groups in total. The molecular weight excluding hydrogens is 386 g/mol. The Balaban J connectivity index is 2.66. The van der Waals surface area contributed by atoms with Crippen LogP contribution in [-0.4, -0.2) is 72.2 Å². The van der Waals surface area contributed by atoms with Crippen molar-refractivity contribution < 1.29 is 34.4 Å². The van der Waals surface area contributed by atoms with Gasteiger partial charge in [-0.3, -0.25) is 19.0 Å². The summed E-state index contributed by atoms with van der Waals surface area (Å²) in [6, 6.07) is 1.33. The molecule has 0 radical (unpaired) electrons. The summed E-state index contributed by atoms with van der Waals surface area (Å²) in [5.41, 5.74) is -6.94. The van der Waals surface area contributed by atoms with Crippen molar-refractivity contribution in [2.45, 2.75) is 50.4 Å². The van der Waals surface area contributed by atoms with Crippen LogP contribution in [0.5, 0.6) is 0 Å². The molecule has 11 heteroatoms. The maximum absolute atomic E-state index is 12.5. The Morgan fingerprint density at radius 3 is 2.34 bits per heavy atom. The maximum atomic E-state index is 12.5. The Morgan fingerprint density at radius 2 is 1.90 bits per heavy atom. The van der Waals surface area contributed by atoms with E-state index in [-0.39, 0.29) is 5.82 Å². The summed E-state index contributed by atoms with van der Waals surface area (Å²) in [5.74, 6) is -2.96. The highest BCUT2D eigenvalue weighted by atomic mass is 16.6. The number of ether oxygens (including phenoxy) is 1.